The molecular formula is C7H8N2. The van der Waals surface area contributed by atoms with Gasteiger partial charge in [-0.1, -0.05) is 0 Å². The molecule has 0 aromatic rings. The minimum Gasteiger partial charge on any atom is -0.288 e. The summed E-state index contributed by atoms with van der Waals surface area (Å²) in [6.45, 7) is 2.34. The van der Waals surface area contributed by atoms with E-state index in [0.717, 1.165) is 13.1 Å². The lowest BCUT2D eigenvalue weighted by molar-refractivity contribution is 0.157. The second kappa shape index (κ2) is 2.53. The van der Waals surface area contributed by atoms with Crippen molar-refractivity contribution in [1.29, 1.82) is 5.26 Å². The van der Waals surface area contributed by atoms with E-state index in [1.807, 2.05) is 4.90 Å². The predicted octanol–water partition coefficient (Wildman–Crippen LogP) is 0.0750. The maximum atomic E-state index is 8.22. The predicted molar refractivity (Wildman–Crippen MR) is 34.4 cm³/mol. The summed E-state index contributed by atoms with van der Waals surface area (Å²) in [5.74, 6) is 3.04. The lowest BCUT2D eigenvalue weighted by atomic mass is 10.0. The topological polar surface area (TPSA) is 27.0 Å². The molecule has 0 aliphatic carbocycles. The maximum Gasteiger partial charge on any atom is 0.0866 e. The van der Waals surface area contributed by atoms with Crippen LogP contribution in [0.15, 0.2) is 0 Å². The van der Waals surface area contributed by atoms with Crippen LogP contribution in [0.2, 0.25) is 0 Å². The largest absolute Gasteiger partial charge is 0.288 e. The Balaban J connectivity index is 2.15. The van der Waals surface area contributed by atoms with E-state index < -0.39 is 0 Å². The molecule has 9 heavy (non-hydrogen) atoms. The highest BCUT2D eigenvalue weighted by atomic mass is 15.2. The van der Waals surface area contributed by atoms with Gasteiger partial charge < -0.3 is 0 Å². The molecule has 0 spiro atoms. The van der Waals surface area contributed by atoms with Crippen molar-refractivity contribution < 1.29 is 0 Å². The molecule has 1 saturated heterocycles. The van der Waals surface area contributed by atoms with Crippen LogP contribution in [0.4, 0.5) is 0 Å². The number of nitriles is 1. The monoisotopic (exact) mass is 120 g/mol. The first-order chi connectivity index (χ1) is 4.36. The van der Waals surface area contributed by atoms with Crippen molar-refractivity contribution in [3.05, 3.63) is 0 Å². The second-order valence-electron chi connectivity index (χ2n) is 2.22. The second-order valence-corrected chi connectivity index (χ2v) is 2.22. The van der Waals surface area contributed by atoms with E-state index in [0.29, 0.717) is 12.5 Å². The fraction of sp³-hybridized carbons (Fsp3) is 0.571. The van der Waals surface area contributed by atoms with Crippen molar-refractivity contribution in [1.82, 2.24) is 4.90 Å². The zero-order chi connectivity index (χ0) is 6.69. The van der Waals surface area contributed by atoms with Gasteiger partial charge in [0.05, 0.1) is 12.6 Å². The number of hydrogen-bond acceptors (Lipinski definition) is 2. The Hall–Kier alpha value is -0.990. The first-order valence-electron chi connectivity index (χ1n) is 2.92. The molecule has 0 radical (unpaired) electrons. The van der Waals surface area contributed by atoms with Crippen LogP contribution in [0.3, 0.4) is 0 Å². The van der Waals surface area contributed by atoms with Crippen molar-refractivity contribution in [3.8, 4) is 18.4 Å². The molecule has 0 N–H and O–H groups in total. The van der Waals surface area contributed by atoms with E-state index in [1.54, 1.807) is 0 Å². The van der Waals surface area contributed by atoms with Gasteiger partial charge in [-0.15, -0.1) is 12.3 Å². The molecule has 46 valence electrons. The Kier molecular flexibility index (Phi) is 1.72. The molecule has 0 aromatic carbocycles. The molecule has 1 heterocycles. The van der Waals surface area contributed by atoms with Crippen LogP contribution in [0.25, 0.3) is 0 Å². The average Bonchev–Trinajstić information content (AvgIpc) is 1.77. The van der Waals surface area contributed by atoms with Crippen molar-refractivity contribution in [2.45, 2.75) is 0 Å². The van der Waals surface area contributed by atoms with Gasteiger partial charge in [0, 0.05) is 19.0 Å². The summed E-state index contributed by atoms with van der Waals surface area (Å²) in [5, 5.41) is 8.22. The summed E-state index contributed by atoms with van der Waals surface area (Å²) in [6.07, 6.45) is 5.13. The summed E-state index contributed by atoms with van der Waals surface area (Å²) in [6, 6.07) is 2.07. The lowest BCUT2D eigenvalue weighted by Crippen LogP contribution is -2.45. The van der Waals surface area contributed by atoms with E-state index in [2.05, 4.69) is 12.0 Å². The minimum atomic E-state index is 0.401. The van der Waals surface area contributed by atoms with E-state index in [-0.39, 0.29) is 0 Å². The summed E-state index contributed by atoms with van der Waals surface area (Å²) in [4.78, 5) is 2.03. The molecule has 0 saturated carbocycles. The van der Waals surface area contributed by atoms with Gasteiger partial charge >= 0.3 is 0 Å². The Morgan fingerprint density at radius 1 is 1.67 bits per heavy atom. The Morgan fingerprint density at radius 3 is 2.78 bits per heavy atom. The van der Waals surface area contributed by atoms with Crippen LogP contribution in [-0.4, -0.2) is 24.5 Å². The SMILES string of the molecule is C#CC1CN(CC#N)C1. The summed E-state index contributed by atoms with van der Waals surface area (Å²) >= 11 is 0. The van der Waals surface area contributed by atoms with Crippen LogP contribution < -0.4 is 0 Å². The van der Waals surface area contributed by atoms with Crippen LogP contribution in [0.5, 0.6) is 0 Å². The molecule has 2 heteroatoms. The molecule has 0 atom stereocenters. The Morgan fingerprint density at radius 2 is 2.33 bits per heavy atom. The van der Waals surface area contributed by atoms with Gasteiger partial charge in [0.1, 0.15) is 0 Å². The summed E-state index contributed by atoms with van der Waals surface area (Å²) in [5.41, 5.74) is 0. The summed E-state index contributed by atoms with van der Waals surface area (Å²) < 4.78 is 0. The minimum absolute atomic E-state index is 0.401. The van der Waals surface area contributed by atoms with Gasteiger partial charge in [-0.2, -0.15) is 5.26 Å². The van der Waals surface area contributed by atoms with E-state index in [1.165, 1.54) is 0 Å². The lowest BCUT2D eigenvalue weighted by Gasteiger charge is -2.33. The molecular weight excluding hydrogens is 112 g/mol. The van der Waals surface area contributed by atoms with Crippen LogP contribution in [0, 0.1) is 29.6 Å². The third-order valence-corrected chi connectivity index (χ3v) is 1.49. The molecule has 2 nitrogen and oxygen atoms in total. The standard InChI is InChI=1S/C7H8N2/c1-2-7-5-9(6-7)4-3-8/h1,7H,4-6H2. The van der Waals surface area contributed by atoms with Crippen molar-refractivity contribution in [2.75, 3.05) is 19.6 Å². The number of likely N-dealkylation sites (tertiary alicyclic amines) is 1. The quantitative estimate of drug-likeness (QED) is 0.362. The Bertz CT molecular complexity index is 166. The van der Waals surface area contributed by atoms with Gasteiger partial charge in [-0.25, -0.2) is 0 Å². The number of hydrogen-bond donors (Lipinski definition) is 0. The van der Waals surface area contributed by atoms with Crippen molar-refractivity contribution in [3.63, 3.8) is 0 Å². The Labute approximate surface area is 55.1 Å². The zero-order valence-electron chi connectivity index (χ0n) is 5.17. The maximum absolute atomic E-state index is 8.22. The third kappa shape index (κ3) is 1.22. The van der Waals surface area contributed by atoms with Gasteiger partial charge in [-0.3, -0.25) is 4.90 Å². The van der Waals surface area contributed by atoms with Crippen LogP contribution >= 0.6 is 0 Å². The highest BCUT2D eigenvalue weighted by molar-refractivity contribution is 5.02. The fourth-order valence-electron chi connectivity index (χ4n) is 0.904. The highest BCUT2D eigenvalue weighted by Gasteiger charge is 2.23. The molecule has 0 amide bonds. The molecule has 1 aliphatic rings. The van der Waals surface area contributed by atoms with Crippen molar-refractivity contribution >= 4 is 0 Å². The van der Waals surface area contributed by atoms with E-state index >= 15 is 0 Å². The zero-order valence-corrected chi connectivity index (χ0v) is 5.17. The van der Waals surface area contributed by atoms with Gasteiger partial charge in [0.25, 0.3) is 0 Å². The van der Waals surface area contributed by atoms with Gasteiger partial charge in [-0.05, 0) is 0 Å². The molecule has 0 aromatic heterocycles. The van der Waals surface area contributed by atoms with Gasteiger partial charge in [0.15, 0.2) is 0 Å². The summed E-state index contributed by atoms with van der Waals surface area (Å²) in [7, 11) is 0. The van der Waals surface area contributed by atoms with Gasteiger partial charge in [0.2, 0.25) is 0 Å². The molecule has 0 bridgehead atoms. The highest BCUT2D eigenvalue weighted by Crippen LogP contribution is 2.12. The molecule has 1 rings (SSSR count). The fourth-order valence-corrected chi connectivity index (χ4v) is 0.904. The molecule has 1 aliphatic heterocycles. The van der Waals surface area contributed by atoms with Crippen LogP contribution in [-0.2, 0) is 0 Å². The average molecular weight is 120 g/mol. The van der Waals surface area contributed by atoms with E-state index in [9.17, 15) is 0 Å². The smallest absolute Gasteiger partial charge is 0.0866 e. The number of rotatable bonds is 1. The van der Waals surface area contributed by atoms with Crippen LogP contribution in [0.1, 0.15) is 0 Å². The number of terminal acetylenes is 1. The third-order valence-electron chi connectivity index (χ3n) is 1.49. The number of nitrogens with zero attached hydrogens (tertiary/aromatic N) is 2. The first kappa shape index (κ1) is 6.13. The first-order valence-corrected chi connectivity index (χ1v) is 2.92. The van der Waals surface area contributed by atoms with E-state index in [4.69, 9.17) is 11.7 Å². The molecule has 1 fully saturated rings. The van der Waals surface area contributed by atoms with Crippen molar-refractivity contribution in [2.24, 2.45) is 5.92 Å². The normalized spacial score (nSPS) is 19.8. The molecule has 0 unspecified atom stereocenters.